The van der Waals surface area contributed by atoms with E-state index in [2.05, 4.69) is 54.3 Å². The van der Waals surface area contributed by atoms with E-state index >= 15 is 0 Å². The Kier molecular flexibility index (Phi) is 6.22. The number of nitrogens with zero attached hydrogens (tertiary/aromatic N) is 2. The van der Waals surface area contributed by atoms with Gasteiger partial charge in [0.15, 0.2) is 6.29 Å². The zero-order chi connectivity index (χ0) is 24.9. The molecule has 6 heteroatoms. The van der Waals surface area contributed by atoms with E-state index in [0.717, 1.165) is 49.8 Å². The van der Waals surface area contributed by atoms with Gasteiger partial charge in [0.25, 0.3) is 0 Å². The van der Waals surface area contributed by atoms with Gasteiger partial charge in [-0.05, 0) is 48.8 Å². The molecule has 190 valence electrons. The molecular formula is C30H36N2O4. The lowest BCUT2D eigenvalue weighted by Crippen LogP contribution is -2.69. The number of hydrogen-bond acceptors (Lipinski definition) is 5. The van der Waals surface area contributed by atoms with Gasteiger partial charge in [-0.3, -0.25) is 9.69 Å². The van der Waals surface area contributed by atoms with Crippen LogP contribution in [0.1, 0.15) is 43.7 Å². The zero-order valence-electron chi connectivity index (χ0n) is 21.2. The highest BCUT2D eigenvalue weighted by atomic mass is 16.7. The van der Waals surface area contributed by atoms with Crippen LogP contribution < -0.4 is 4.90 Å². The predicted octanol–water partition coefficient (Wildman–Crippen LogP) is 4.17. The number of hydrogen-bond donors (Lipinski definition) is 0. The van der Waals surface area contributed by atoms with Crippen LogP contribution in [0.25, 0.3) is 0 Å². The van der Waals surface area contributed by atoms with Crippen LogP contribution in [0.15, 0.2) is 54.6 Å². The molecule has 4 aliphatic rings. The number of benzene rings is 2. The number of likely N-dealkylation sites (N-methyl/N-ethyl adjacent to an activating group) is 1. The van der Waals surface area contributed by atoms with Gasteiger partial charge in [-0.25, -0.2) is 0 Å². The van der Waals surface area contributed by atoms with Gasteiger partial charge in [0, 0.05) is 43.2 Å². The third-order valence-corrected chi connectivity index (χ3v) is 9.46. The Bertz CT molecular complexity index is 1120. The average Bonchev–Trinajstić information content (AvgIpc) is 3.51. The van der Waals surface area contributed by atoms with Crippen LogP contribution in [0.5, 0.6) is 0 Å². The summed E-state index contributed by atoms with van der Waals surface area (Å²) in [6.45, 7) is 4.06. The summed E-state index contributed by atoms with van der Waals surface area (Å²) < 4.78 is 12.2. The normalized spacial score (nSPS) is 33.2. The Morgan fingerprint density at radius 2 is 1.81 bits per heavy atom. The summed E-state index contributed by atoms with van der Waals surface area (Å²) in [5.74, 6) is 0.325. The summed E-state index contributed by atoms with van der Waals surface area (Å²) in [5, 5.41) is 0. The molecule has 0 N–H and O–H groups in total. The van der Waals surface area contributed by atoms with Crippen LogP contribution in [-0.2, 0) is 31.0 Å². The minimum absolute atomic E-state index is 0.00621. The van der Waals surface area contributed by atoms with E-state index in [1.165, 1.54) is 5.56 Å². The van der Waals surface area contributed by atoms with E-state index < -0.39 is 5.41 Å². The first-order chi connectivity index (χ1) is 17.6. The van der Waals surface area contributed by atoms with E-state index in [1.54, 1.807) is 0 Å². The molecule has 0 unspecified atom stereocenters. The van der Waals surface area contributed by atoms with Crippen molar-refractivity contribution in [1.82, 2.24) is 4.90 Å². The van der Waals surface area contributed by atoms with Crippen molar-refractivity contribution < 1.29 is 19.1 Å². The largest absolute Gasteiger partial charge is 0.350 e. The van der Waals surface area contributed by atoms with Crippen molar-refractivity contribution in [3.63, 3.8) is 0 Å². The molecule has 3 saturated heterocycles. The lowest BCUT2D eigenvalue weighted by atomic mass is 9.57. The number of anilines is 1. The zero-order valence-corrected chi connectivity index (χ0v) is 21.2. The first kappa shape index (κ1) is 23.8. The fourth-order valence-electron chi connectivity index (χ4n) is 7.87. The van der Waals surface area contributed by atoms with Crippen LogP contribution in [0.3, 0.4) is 0 Å². The number of rotatable bonds is 6. The number of piperidine rings is 2. The number of aldehydes is 1. The first-order valence-electron chi connectivity index (χ1n) is 13.5. The Hall–Kier alpha value is -2.54. The van der Waals surface area contributed by atoms with Gasteiger partial charge in [0.1, 0.15) is 6.29 Å². The van der Waals surface area contributed by atoms with Crippen LogP contribution in [-0.4, -0.2) is 55.7 Å². The van der Waals surface area contributed by atoms with Gasteiger partial charge in [-0.2, -0.15) is 0 Å². The molecule has 2 aromatic carbocycles. The molecule has 0 radical (unpaired) electrons. The monoisotopic (exact) mass is 488 g/mol. The van der Waals surface area contributed by atoms with Gasteiger partial charge in [0.2, 0.25) is 5.91 Å². The molecular weight excluding hydrogens is 452 g/mol. The maximum atomic E-state index is 14.2. The van der Waals surface area contributed by atoms with Gasteiger partial charge >= 0.3 is 0 Å². The number of fused-ring (bicyclic) bond motifs is 5. The second-order valence-electron chi connectivity index (χ2n) is 10.9. The van der Waals surface area contributed by atoms with Crippen molar-refractivity contribution >= 4 is 17.9 Å². The molecule has 1 amide bonds. The fraction of sp³-hybridized carbons (Fsp3) is 0.533. The Labute approximate surface area is 213 Å². The third-order valence-electron chi connectivity index (χ3n) is 9.46. The van der Waals surface area contributed by atoms with Gasteiger partial charge in [0.05, 0.1) is 18.6 Å². The summed E-state index contributed by atoms with van der Waals surface area (Å²) in [7, 11) is 1.91. The maximum absolute atomic E-state index is 14.2. The van der Waals surface area contributed by atoms with Crippen molar-refractivity contribution in [2.75, 3.05) is 25.2 Å². The van der Waals surface area contributed by atoms with Crippen molar-refractivity contribution in [3.05, 3.63) is 65.7 Å². The minimum Gasteiger partial charge on any atom is -0.350 e. The Morgan fingerprint density at radius 3 is 2.53 bits per heavy atom. The first-order valence-corrected chi connectivity index (χ1v) is 13.5. The number of carbonyl (C=O) groups is 2. The lowest BCUT2D eigenvalue weighted by molar-refractivity contribution is -0.182. The summed E-state index contributed by atoms with van der Waals surface area (Å²) in [5.41, 5.74) is 2.80. The summed E-state index contributed by atoms with van der Waals surface area (Å²) in [4.78, 5) is 31.0. The molecule has 6 nitrogen and oxygen atoms in total. The molecule has 2 aromatic rings. The Morgan fingerprint density at radius 1 is 1.08 bits per heavy atom. The molecule has 0 aliphatic carbocycles. The SMILES string of the molecule is CC[C@H](C=O)[C@@H]1C[C@@H]2N(Cc3ccccc3)[C@@H](CC[C@@]23C(=O)N(C)c2ccccc23)[C@H]1C1OCCO1. The topological polar surface area (TPSA) is 59.1 Å². The van der Waals surface area contributed by atoms with E-state index in [1.807, 2.05) is 24.1 Å². The molecule has 0 saturated carbocycles. The molecule has 0 aromatic heterocycles. The Balaban J connectivity index is 1.49. The highest BCUT2D eigenvalue weighted by Gasteiger charge is 2.64. The predicted molar refractivity (Wildman–Crippen MR) is 137 cm³/mol. The minimum atomic E-state index is -0.599. The fourth-order valence-corrected chi connectivity index (χ4v) is 7.87. The molecule has 36 heavy (non-hydrogen) atoms. The molecule has 2 bridgehead atoms. The number of para-hydroxylation sites is 1. The number of ether oxygens (including phenoxy) is 2. The van der Waals surface area contributed by atoms with E-state index in [-0.39, 0.29) is 42.0 Å². The highest BCUT2D eigenvalue weighted by molar-refractivity contribution is 6.08. The van der Waals surface area contributed by atoms with Gasteiger partial charge < -0.3 is 19.2 Å². The van der Waals surface area contributed by atoms with Gasteiger partial charge in [-0.15, -0.1) is 0 Å². The highest BCUT2D eigenvalue weighted by Crippen LogP contribution is 2.58. The molecule has 6 rings (SSSR count). The molecule has 4 heterocycles. The maximum Gasteiger partial charge on any atom is 0.239 e. The smallest absolute Gasteiger partial charge is 0.239 e. The van der Waals surface area contributed by atoms with Crippen molar-refractivity contribution in [2.45, 2.75) is 62.9 Å². The van der Waals surface area contributed by atoms with Gasteiger partial charge in [-0.1, -0.05) is 55.5 Å². The van der Waals surface area contributed by atoms with E-state index in [9.17, 15) is 9.59 Å². The van der Waals surface area contributed by atoms with Crippen molar-refractivity contribution in [3.8, 4) is 0 Å². The molecule has 3 fully saturated rings. The van der Waals surface area contributed by atoms with Crippen LogP contribution in [0, 0.1) is 17.8 Å². The quantitative estimate of drug-likeness (QED) is 0.572. The van der Waals surface area contributed by atoms with E-state index in [0.29, 0.717) is 13.2 Å². The number of carbonyl (C=O) groups excluding carboxylic acids is 2. The summed E-state index contributed by atoms with van der Waals surface area (Å²) >= 11 is 0. The summed E-state index contributed by atoms with van der Waals surface area (Å²) in [6, 6.07) is 19.0. The number of amides is 1. The molecule has 6 atom stereocenters. The van der Waals surface area contributed by atoms with Crippen molar-refractivity contribution in [2.24, 2.45) is 17.8 Å². The third kappa shape index (κ3) is 3.49. The van der Waals surface area contributed by atoms with Crippen LogP contribution in [0.2, 0.25) is 0 Å². The molecule has 4 aliphatic heterocycles. The average molecular weight is 489 g/mol. The van der Waals surface area contributed by atoms with Crippen molar-refractivity contribution in [1.29, 1.82) is 0 Å². The van der Waals surface area contributed by atoms with E-state index in [4.69, 9.17) is 9.47 Å². The standard InChI is InChI=1S/C30H36N2O4/c1-3-21(19-33)22-17-26-30(23-11-7-8-12-24(23)31(2)29(30)34)14-13-25(27(22)28-35-15-16-36-28)32(26)18-20-9-5-4-6-10-20/h4-12,19,21-22,25-28H,3,13-18H2,1-2H3/t21-,22+,25+,26+,27+,30+/m1/s1. The van der Waals surface area contributed by atoms with Crippen LogP contribution >= 0.6 is 0 Å². The summed E-state index contributed by atoms with van der Waals surface area (Å²) in [6.07, 6.45) is 4.09. The van der Waals surface area contributed by atoms with Crippen LogP contribution in [0.4, 0.5) is 5.69 Å². The second kappa shape index (κ2) is 9.40. The second-order valence-corrected chi connectivity index (χ2v) is 10.9. The lowest BCUT2D eigenvalue weighted by Gasteiger charge is -2.60. The molecule has 1 spiro atoms.